The third kappa shape index (κ3) is 4.11. The first kappa shape index (κ1) is 27.0. The van der Waals surface area contributed by atoms with E-state index in [9.17, 15) is 0 Å². The molecule has 0 bridgehead atoms. The summed E-state index contributed by atoms with van der Waals surface area (Å²) in [7, 11) is 0. The van der Waals surface area contributed by atoms with Gasteiger partial charge in [-0.1, -0.05) is 66.7 Å². The third-order valence-electron chi connectivity index (χ3n) is 9.49. The largest absolute Gasteiger partial charge is 0.456 e. The highest BCUT2D eigenvalue weighted by Gasteiger charge is 2.21. The van der Waals surface area contributed by atoms with E-state index < -0.39 is 0 Å². The maximum absolute atomic E-state index is 6.48. The lowest BCUT2D eigenvalue weighted by atomic mass is 10.1. The molecule has 0 aliphatic carbocycles. The SMILES string of the molecule is c1ccc(-c2nc3ccc4oc5ccc(N(c6ccc7c(c6)sc6ccccc67)c6ccc7c(c6)sc6ccccc67)cc5c4c3o2)cc1. The van der Waals surface area contributed by atoms with Crippen LogP contribution in [0.2, 0.25) is 0 Å². The minimum atomic E-state index is 0.600. The van der Waals surface area contributed by atoms with Crippen LogP contribution >= 0.6 is 22.7 Å². The van der Waals surface area contributed by atoms with Crippen molar-refractivity contribution >= 4 is 113 Å². The van der Waals surface area contributed by atoms with Crippen molar-refractivity contribution in [1.82, 2.24) is 4.98 Å². The fourth-order valence-electron chi connectivity index (χ4n) is 7.23. The Morgan fingerprint density at radius 2 is 1.02 bits per heavy atom. The summed E-state index contributed by atoms with van der Waals surface area (Å²) in [6.45, 7) is 0. The highest BCUT2D eigenvalue weighted by molar-refractivity contribution is 7.26. The maximum atomic E-state index is 6.48. The molecule has 6 heteroatoms. The number of nitrogens with zero attached hydrogens (tertiary/aromatic N) is 2. The van der Waals surface area contributed by atoms with Gasteiger partial charge in [0.2, 0.25) is 5.89 Å². The molecule has 0 radical (unpaired) electrons. The molecule has 11 aromatic rings. The summed E-state index contributed by atoms with van der Waals surface area (Å²) in [4.78, 5) is 7.21. The topological polar surface area (TPSA) is 42.4 Å². The van der Waals surface area contributed by atoms with Crippen molar-refractivity contribution in [3.05, 3.63) is 146 Å². The maximum Gasteiger partial charge on any atom is 0.227 e. The quantitative estimate of drug-likeness (QED) is 0.188. The molecule has 230 valence electrons. The molecule has 0 atom stereocenters. The molecule has 49 heavy (non-hydrogen) atoms. The zero-order valence-electron chi connectivity index (χ0n) is 25.9. The van der Waals surface area contributed by atoms with Crippen molar-refractivity contribution in [2.24, 2.45) is 0 Å². The van der Waals surface area contributed by atoms with Gasteiger partial charge >= 0.3 is 0 Å². The third-order valence-corrected chi connectivity index (χ3v) is 11.8. The van der Waals surface area contributed by atoms with E-state index in [2.05, 4.69) is 108 Å². The molecule has 0 aliphatic rings. The van der Waals surface area contributed by atoms with Crippen LogP contribution in [-0.4, -0.2) is 4.98 Å². The number of oxazole rings is 1. The zero-order chi connectivity index (χ0) is 32.1. The molecule has 7 aromatic carbocycles. The molecular weight excluding hydrogens is 641 g/mol. The lowest BCUT2D eigenvalue weighted by Crippen LogP contribution is -2.09. The number of aromatic nitrogens is 1. The summed E-state index contributed by atoms with van der Waals surface area (Å²) < 4.78 is 18.0. The van der Waals surface area contributed by atoms with Crippen molar-refractivity contribution in [3.63, 3.8) is 0 Å². The van der Waals surface area contributed by atoms with Crippen molar-refractivity contribution < 1.29 is 8.83 Å². The van der Waals surface area contributed by atoms with E-state index in [4.69, 9.17) is 13.8 Å². The average molecular weight is 665 g/mol. The number of hydrogen-bond acceptors (Lipinski definition) is 6. The summed E-state index contributed by atoms with van der Waals surface area (Å²) in [6.07, 6.45) is 0. The van der Waals surface area contributed by atoms with E-state index >= 15 is 0 Å². The number of fused-ring (bicyclic) bond motifs is 11. The Kier molecular flexibility index (Phi) is 5.67. The average Bonchev–Trinajstić information content (AvgIpc) is 3.92. The molecule has 0 saturated heterocycles. The van der Waals surface area contributed by atoms with Gasteiger partial charge in [0.25, 0.3) is 0 Å². The van der Waals surface area contributed by atoms with Crippen LogP contribution in [0.5, 0.6) is 0 Å². The first-order chi connectivity index (χ1) is 24.2. The van der Waals surface area contributed by atoms with Crippen molar-refractivity contribution in [2.75, 3.05) is 4.90 Å². The van der Waals surface area contributed by atoms with Gasteiger partial charge in [-0.05, 0) is 78.9 Å². The lowest BCUT2D eigenvalue weighted by molar-refractivity contribution is 0.622. The van der Waals surface area contributed by atoms with E-state index in [1.807, 2.05) is 65.1 Å². The Bertz CT molecular complexity index is 2960. The predicted molar refractivity (Wildman–Crippen MR) is 207 cm³/mol. The number of benzene rings is 7. The van der Waals surface area contributed by atoms with Crippen LogP contribution < -0.4 is 4.90 Å². The van der Waals surface area contributed by atoms with E-state index in [-0.39, 0.29) is 0 Å². The van der Waals surface area contributed by atoms with Crippen molar-refractivity contribution in [3.8, 4) is 11.5 Å². The second-order valence-electron chi connectivity index (χ2n) is 12.3. The van der Waals surface area contributed by atoms with Gasteiger partial charge in [0.05, 0.1) is 5.39 Å². The molecule has 11 rings (SSSR count). The minimum absolute atomic E-state index is 0.600. The normalized spacial score (nSPS) is 12.1. The van der Waals surface area contributed by atoms with Crippen LogP contribution in [0.25, 0.3) is 84.8 Å². The van der Waals surface area contributed by atoms with Crippen LogP contribution in [0.15, 0.2) is 154 Å². The molecule has 0 N–H and O–H groups in total. The molecule has 4 nitrogen and oxygen atoms in total. The summed E-state index contributed by atoms with van der Waals surface area (Å²) in [5.41, 5.74) is 7.31. The summed E-state index contributed by atoms with van der Waals surface area (Å²) >= 11 is 3.68. The number of furan rings is 1. The molecular formula is C43H24N2O2S2. The van der Waals surface area contributed by atoms with E-state index in [0.29, 0.717) is 5.89 Å². The summed E-state index contributed by atoms with van der Waals surface area (Å²) in [5, 5.41) is 7.08. The second-order valence-corrected chi connectivity index (χ2v) is 14.5. The Hall–Kier alpha value is -5.95. The highest BCUT2D eigenvalue weighted by atomic mass is 32.1. The minimum Gasteiger partial charge on any atom is -0.456 e. The van der Waals surface area contributed by atoms with Gasteiger partial charge in [-0.25, -0.2) is 4.98 Å². The standard InChI is InChI=1S/C43H24N2O2S2/c1-2-8-25(9-3-1)43-44-34-19-21-36-41(42(34)47-43)33-22-26(16-20-35(33)46-36)45(27-14-17-31-29-10-4-6-12-37(29)48-39(31)23-27)28-15-18-32-30-11-5-7-13-38(30)49-40(32)24-28/h1-24H. The summed E-state index contributed by atoms with van der Waals surface area (Å²) in [6, 6.07) is 51.5. The zero-order valence-corrected chi connectivity index (χ0v) is 27.5. The monoisotopic (exact) mass is 664 g/mol. The highest BCUT2D eigenvalue weighted by Crippen LogP contribution is 2.45. The molecule has 0 unspecified atom stereocenters. The van der Waals surface area contributed by atoms with E-state index in [1.165, 1.54) is 40.3 Å². The number of hydrogen-bond donors (Lipinski definition) is 0. The molecule has 0 saturated carbocycles. The molecule has 4 aromatic heterocycles. The van der Waals surface area contributed by atoms with Gasteiger partial charge in [-0.2, -0.15) is 0 Å². The van der Waals surface area contributed by atoms with Gasteiger partial charge in [0.15, 0.2) is 5.58 Å². The first-order valence-electron chi connectivity index (χ1n) is 16.2. The Morgan fingerprint density at radius 3 is 1.71 bits per heavy atom. The smallest absolute Gasteiger partial charge is 0.227 e. The molecule has 0 fully saturated rings. The Balaban J connectivity index is 1.15. The fourth-order valence-corrected chi connectivity index (χ4v) is 9.51. The number of anilines is 3. The molecule has 0 spiro atoms. The van der Waals surface area contributed by atoms with Gasteiger partial charge in [-0.3, -0.25) is 0 Å². The van der Waals surface area contributed by atoms with Gasteiger partial charge in [0.1, 0.15) is 16.7 Å². The van der Waals surface area contributed by atoms with Gasteiger partial charge < -0.3 is 13.7 Å². The lowest BCUT2D eigenvalue weighted by Gasteiger charge is -2.25. The van der Waals surface area contributed by atoms with Gasteiger partial charge in [-0.15, -0.1) is 22.7 Å². The first-order valence-corrected chi connectivity index (χ1v) is 17.8. The summed E-state index contributed by atoms with van der Waals surface area (Å²) in [5.74, 6) is 0.600. The fraction of sp³-hybridized carbons (Fsp3) is 0. The number of thiophene rings is 2. The van der Waals surface area contributed by atoms with E-state index in [1.54, 1.807) is 0 Å². The van der Waals surface area contributed by atoms with Crippen LogP contribution in [0, 0.1) is 0 Å². The Labute approximate surface area is 287 Å². The Morgan fingerprint density at radius 1 is 0.449 bits per heavy atom. The van der Waals surface area contributed by atoms with Crippen molar-refractivity contribution in [2.45, 2.75) is 0 Å². The van der Waals surface area contributed by atoms with Crippen molar-refractivity contribution in [1.29, 1.82) is 0 Å². The van der Waals surface area contributed by atoms with E-state index in [0.717, 1.165) is 55.7 Å². The molecule has 0 amide bonds. The molecule has 0 aliphatic heterocycles. The second kappa shape index (κ2) is 10.3. The number of rotatable bonds is 4. The van der Waals surface area contributed by atoms with Gasteiger partial charge in [0, 0.05) is 68.4 Å². The predicted octanol–water partition coefficient (Wildman–Crippen LogP) is 13.6. The van der Waals surface area contributed by atoms with Crippen LogP contribution in [0.4, 0.5) is 17.1 Å². The molecule has 4 heterocycles. The van der Waals surface area contributed by atoms with Crippen LogP contribution in [0.1, 0.15) is 0 Å². The van der Waals surface area contributed by atoms with Crippen LogP contribution in [-0.2, 0) is 0 Å². The van der Waals surface area contributed by atoms with Crippen LogP contribution in [0.3, 0.4) is 0 Å².